The Morgan fingerprint density at radius 2 is 1.87 bits per heavy atom. The van der Waals surface area contributed by atoms with Gasteiger partial charge in [0.25, 0.3) is 5.69 Å². The number of rotatable bonds is 1. The monoisotopic (exact) mass is 313 g/mol. The highest BCUT2D eigenvalue weighted by Gasteiger charge is 2.14. The second kappa shape index (κ2) is 3.77. The molecule has 0 N–H and O–H groups in total. The van der Waals surface area contributed by atoms with Gasteiger partial charge in [-0.05, 0) is 41.1 Å². The number of nitro groups is 1. The maximum atomic E-state index is 10.9. The smallest absolute Gasteiger partial charge is 0.258 e. The van der Waals surface area contributed by atoms with E-state index in [4.69, 9.17) is 0 Å². The highest BCUT2D eigenvalue weighted by Crippen LogP contribution is 2.31. The lowest BCUT2D eigenvalue weighted by Gasteiger charge is -2.04. The summed E-state index contributed by atoms with van der Waals surface area (Å²) in [5, 5.41) is 12.5. The van der Waals surface area contributed by atoms with E-state index in [0.29, 0.717) is 5.39 Å². The van der Waals surface area contributed by atoms with E-state index in [1.807, 2.05) is 25.1 Å². The van der Waals surface area contributed by atoms with Gasteiger partial charge in [0, 0.05) is 15.0 Å². The fourth-order valence-electron chi connectivity index (χ4n) is 1.61. The molecule has 0 saturated heterocycles. The van der Waals surface area contributed by atoms with Gasteiger partial charge in [0.15, 0.2) is 0 Å². The first-order chi connectivity index (χ1) is 7.11. The summed E-state index contributed by atoms with van der Waals surface area (Å²) >= 11 is 2.22. The molecule has 0 aliphatic heterocycles. The van der Waals surface area contributed by atoms with Crippen LogP contribution in [0.1, 0.15) is 5.56 Å². The molecule has 4 heteroatoms. The van der Waals surface area contributed by atoms with Crippen molar-refractivity contribution in [1.82, 2.24) is 0 Å². The van der Waals surface area contributed by atoms with E-state index in [1.165, 1.54) is 0 Å². The van der Waals surface area contributed by atoms with Gasteiger partial charge >= 0.3 is 0 Å². The molecule has 0 radical (unpaired) electrons. The van der Waals surface area contributed by atoms with Crippen LogP contribution in [0, 0.1) is 20.6 Å². The number of aryl methyl sites for hydroxylation is 1. The molecule has 3 nitrogen and oxygen atoms in total. The predicted molar refractivity (Wildman–Crippen MR) is 68.1 cm³/mol. The summed E-state index contributed by atoms with van der Waals surface area (Å²) in [6.45, 7) is 1.89. The Bertz CT molecular complexity index is 552. The Kier molecular flexibility index (Phi) is 2.60. The van der Waals surface area contributed by atoms with Crippen molar-refractivity contribution in [2.45, 2.75) is 6.92 Å². The average molecular weight is 313 g/mol. The van der Waals surface area contributed by atoms with Gasteiger partial charge in [-0.1, -0.05) is 18.2 Å². The van der Waals surface area contributed by atoms with Crippen molar-refractivity contribution >= 4 is 39.1 Å². The van der Waals surface area contributed by atoms with Gasteiger partial charge in [-0.2, -0.15) is 0 Å². The summed E-state index contributed by atoms with van der Waals surface area (Å²) in [6, 6.07) is 9.05. The molecule has 0 heterocycles. The molecule has 0 saturated carbocycles. The molecule has 2 aromatic carbocycles. The molecule has 2 rings (SSSR count). The Morgan fingerprint density at radius 3 is 2.47 bits per heavy atom. The molecule has 0 atom stereocenters. The molecule has 0 unspecified atom stereocenters. The number of hydrogen-bond acceptors (Lipinski definition) is 2. The highest BCUT2D eigenvalue weighted by molar-refractivity contribution is 14.1. The van der Waals surface area contributed by atoms with Crippen LogP contribution in [0.4, 0.5) is 5.69 Å². The third kappa shape index (κ3) is 1.69. The van der Waals surface area contributed by atoms with Crippen molar-refractivity contribution in [3.05, 3.63) is 49.6 Å². The Labute approximate surface area is 100 Å². The summed E-state index contributed by atoms with van der Waals surface area (Å²) in [6.07, 6.45) is 0. The van der Waals surface area contributed by atoms with E-state index in [9.17, 15) is 10.1 Å². The van der Waals surface area contributed by atoms with Crippen LogP contribution in [0.5, 0.6) is 0 Å². The number of hydrogen-bond donors (Lipinski definition) is 0. The van der Waals surface area contributed by atoms with Gasteiger partial charge in [-0.25, -0.2) is 0 Å². The molecule has 0 aromatic heterocycles. The minimum absolute atomic E-state index is 0.184. The zero-order valence-corrected chi connectivity index (χ0v) is 10.2. The zero-order chi connectivity index (χ0) is 11.0. The van der Waals surface area contributed by atoms with Crippen LogP contribution < -0.4 is 0 Å². The minimum atomic E-state index is -0.328. The second-order valence-electron chi connectivity index (χ2n) is 3.33. The number of halogens is 1. The normalized spacial score (nSPS) is 10.5. The summed E-state index contributed by atoms with van der Waals surface area (Å²) in [5.41, 5.74) is 1.13. The van der Waals surface area contributed by atoms with Crippen molar-refractivity contribution in [3.8, 4) is 0 Å². The van der Waals surface area contributed by atoms with Crippen molar-refractivity contribution in [2.75, 3.05) is 0 Å². The summed E-state index contributed by atoms with van der Waals surface area (Å²) in [7, 11) is 0. The fourth-order valence-corrected chi connectivity index (χ4v) is 2.23. The number of nitro benzene ring substituents is 1. The predicted octanol–water partition coefficient (Wildman–Crippen LogP) is 3.66. The quantitative estimate of drug-likeness (QED) is 0.458. The second-order valence-corrected chi connectivity index (χ2v) is 4.41. The van der Waals surface area contributed by atoms with Gasteiger partial charge in [0.05, 0.1) is 10.3 Å². The van der Waals surface area contributed by atoms with E-state index in [-0.39, 0.29) is 10.6 Å². The standard InChI is InChI=1S/C11H8INO2/c1-7-6-10(13(14)15)8-4-2-3-5-9(8)11(7)12/h2-6H,1H3. The van der Waals surface area contributed by atoms with Gasteiger partial charge in [0.2, 0.25) is 0 Å². The summed E-state index contributed by atoms with van der Waals surface area (Å²) in [4.78, 5) is 10.6. The van der Waals surface area contributed by atoms with Gasteiger partial charge in [0.1, 0.15) is 0 Å². The van der Waals surface area contributed by atoms with E-state index >= 15 is 0 Å². The fraction of sp³-hybridized carbons (Fsp3) is 0.0909. The van der Waals surface area contributed by atoms with Crippen LogP contribution in [0.25, 0.3) is 10.8 Å². The van der Waals surface area contributed by atoms with Crippen LogP contribution in [0.3, 0.4) is 0 Å². The molecular weight excluding hydrogens is 305 g/mol. The zero-order valence-electron chi connectivity index (χ0n) is 8.03. The topological polar surface area (TPSA) is 43.1 Å². The average Bonchev–Trinajstić information content (AvgIpc) is 2.23. The first-order valence-electron chi connectivity index (χ1n) is 4.43. The van der Waals surface area contributed by atoms with Crippen LogP contribution in [-0.4, -0.2) is 4.92 Å². The largest absolute Gasteiger partial charge is 0.277 e. The van der Waals surface area contributed by atoms with Crippen LogP contribution >= 0.6 is 22.6 Å². The molecule has 76 valence electrons. The first kappa shape index (κ1) is 10.4. The Hall–Kier alpha value is -1.17. The van der Waals surface area contributed by atoms with E-state index in [0.717, 1.165) is 14.5 Å². The molecule has 0 bridgehead atoms. The summed E-state index contributed by atoms with van der Waals surface area (Å²) in [5.74, 6) is 0. The number of benzene rings is 2. The summed E-state index contributed by atoms with van der Waals surface area (Å²) < 4.78 is 1.08. The number of fused-ring (bicyclic) bond motifs is 1. The lowest BCUT2D eigenvalue weighted by Crippen LogP contribution is -1.93. The van der Waals surface area contributed by atoms with Crippen LogP contribution in [-0.2, 0) is 0 Å². The molecule has 0 aliphatic carbocycles. The lowest BCUT2D eigenvalue weighted by atomic mass is 10.1. The molecule has 0 amide bonds. The van der Waals surface area contributed by atoms with Crippen molar-refractivity contribution in [1.29, 1.82) is 0 Å². The van der Waals surface area contributed by atoms with E-state index < -0.39 is 0 Å². The van der Waals surface area contributed by atoms with E-state index in [2.05, 4.69) is 22.6 Å². The van der Waals surface area contributed by atoms with Gasteiger partial charge in [-0.15, -0.1) is 0 Å². The SMILES string of the molecule is Cc1cc([N+](=O)[O-])c2ccccc2c1I. The van der Waals surface area contributed by atoms with E-state index in [1.54, 1.807) is 12.1 Å². The Morgan fingerprint density at radius 1 is 1.27 bits per heavy atom. The maximum Gasteiger partial charge on any atom is 0.277 e. The van der Waals surface area contributed by atoms with Crippen molar-refractivity contribution in [3.63, 3.8) is 0 Å². The van der Waals surface area contributed by atoms with Crippen LogP contribution in [0.2, 0.25) is 0 Å². The third-order valence-electron chi connectivity index (χ3n) is 2.34. The molecule has 0 aliphatic rings. The van der Waals surface area contributed by atoms with Gasteiger partial charge in [-0.3, -0.25) is 10.1 Å². The number of non-ortho nitro benzene ring substituents is 1. The molecule has 0 spiro atoms. The minimum Gasteiger partial charge on any atom is -0.258 e. The molecular formula is C11H8INO2. The molecule has 2 aromatic rings. The van der Waals surface area contributed by atoms with Gasteiger partial charge < -0.3 is 0 Å². The van der Waals surface area contributed by atoms with Crippen LogP contribution in [0.15, 0.2) is 30.3 Å². The Balaban J connectivity index is 2.94. The third-order valence-corrected chi connectivity index (χ3v) is 3.77. The first-order valence-corrected chi connectivity index (χ1v) is 5.51. The molecule has 15 heavy (non-hydrogen) atoms. The van der Waals surface area contributed by atoms with Crippen molar-refractivity contribution in [2.24, 2.45) is 0 Å². The lowest BCUT2D eigenvalue weighted by molar-refractivity contribution is -0.383. The molecule has 0 fully saturated rings. The number of nitrogens with zero attached hydrogens (tertiary/aromatic N) is 1. The van der Waals surface area contributed by atoms with Crippen molar-refractivity contribution < 1.29 is 4.92 Å². The highest BCUT2D eigenvalue weighted by atomic mass is 127. The maximum absolute atomic E-state index is 10.9.